The van der Waals surface area contributed by atoms with Gasteiger partial charge in [-0.2, -0.15) is 0 Å². The molecule has 2 heterocycles. The van der Waals surface area contributed by atoms with E-state index in [-0.39, 0.29) is 0 Å². The lowest BCUT2D eigenvalue weighted by atomic mass is 9.90. The Hall–Kier alpha value is -6.16. The summed E-state index contributed by atoms with van der Waals surface area (Å²) >= 11 is 1.76. The van der Waals surface area contributed by atoms with Gasteiger partial charge in [-0.1, -0.05) is 158 Å². The number of hydrogen-bond acceptors (Lipinski definition) is 3. The average molecular weight is 643 g/mol. The maximum Gasteiger partial charge on any atom is 0.160 e. The third kappa shape index (κ3) is 5.50. The minimum Gasteiger partial charge on any atom is -0.226 e. The normalized spacial score (nSPS) is 11.3. The highest BCUT2D eigenvalue weighted by Gasteiger charge is 2.17. The first kappa shape index (κ1) is 29.0. The minimum atomic E-state index is 0.733. The van der Waals surface area contributed by atoms with Crippen molar-refractivity contribution in [2.24, 2.45) is 0 Å². The van der Waals surface area contributed by atoms with Gasteiger partial charge in [0, 0.05) is 21.2 Å². The van der Waals surface area contributed by atoms with Crippen LogP contribution < -0.4 is 0 Å². The molecule has 0 N–H and O–H groups in total. The summed E-state index contributed by atoms with van der Waals surface area (Å²) in [6, 6.07) is 64.5. The van der Waals surface area contributed by atoms with E-state index in [0.717, 1.165) is 44.0 Å². The molecule has 7 aromatic carbocycles. The molecule has 0 bridgehead atoms. The van der Waals surface area contributed by atoms with Gasteiger partial charge in [-0.05, 0) is 68.8 Å². The number of benzene rings is 7. The zero-order valence-corrected chi connectivity index (χ0v) is 27.4. The molecule has 9 rings (SSSR count). The molecule has 0 fully saturated rings. The summed E-state index contributed by atoms with van der Waals surface area (Å²) in [5, 5.41) is 1.17. The Morgan fingerprint density at radius 1 is 0.347 bits per heavy atom. The monoisotopic (exact) mass is 642 g/mol. The van der Waals surface area contributed by atoms with Crippen LogP contribution >= 0.6 is 11.3 Å². The lowest BCUT2D eigenvalue weighted by Gasteiger charge is -2.14. The molecule has 0 amide bonds. The zero-order valence-electron chi connectivity index (χ0n) is 26.6. The Balaban J connectivity index is 1.14. The third-order valence-corrected chi connectivity index (χ3v) is 10.3. The third-order valence-electron chi connectivity index (χ3n) is 9.11. The Morgan fingerprint density at radius 3 is 1.53 bits per heavy atom. The van der Waals surface area contributed by atoms with Gasteiger partial charge in [-0.3, -0.25) is 0 Å². The summed E-state index contributed by atoms with van der Waals surface area (Å²) in [6.07, 6.45) is 0. The van der Waals surface area contributed by atoms with Crippen LogP contribution in [0.1, 0.15) is 0 Å². The smallest absolute Gasteiger partial charge is 0.160 e. The van der Waals surface area contributed by atoms with Gasteiger partial charge in [0.1, 0.15) is 0 Å². The highest BCUT2D eigenvalue weighted by Crippen LogP contribution is 2.40. The van der Waals surface area contributed by atoms with E-state index in [9.17, 15) is 0 Å². The van der Waals surface area contributed by atoms with Crippen molar-refractivity contribution in [3.8, 4) is 67.2 Å². The molecule has 2 aromatic heterocycles. The van der Waals surface area contributed by atoms with Crippen LogP contribution in [0.15, 0.2) is 182 Å². The summed E-state index contributed by atoms with van der Waals surface area (Å²) in [5.41, 5.74) is 13.6. The van der Waals surface area contributed by atoms with Gasteiger partial charge in [-0.15, -0.1) is 11.3 Å². The summed E-state index contributed by atoms with van der Waals surface area (Å²) in [7, 11) is 0. The molecule has 0 saturated carbocycles. The summed E-state index contributed by atoms with van der Waals surface area (Å²) in [5.74, 6) is 0.733. The second-order valence-corrected chi connectivity index (χ2v) is 13.2. The van der Waals surface area contributed by atoms with Crippen molar-refractivity contribution in [3.63, 3.8) is 0 Å². The first-order valence-electron chi connectivity index (χ1n) is 16.5. The fourth-order valence-corrected chi connectivity index (χ4v) is 7.83. The van der Waals surface area contributed by atoms with Gasteiger partial charge in [0.25, 0.3) is 0 Å². The van der Waals surface area contributed by atoms with Crippen LogP contribution in [-0.2, 0) is 0 Å². The molecule has 0 atom stereocenters. The summed E-state index contributed by atoms with van der Waals surface area (Å²) in [4.78, 5) is 10.4. The largest absolute Gasteiger partial charge is 0.226 e. The Labute approximate surface area is 289 Å². The standard InChI is InChI=1S/C46H30N2S/c1-4-14-31(15-5-1)39-27-26-37(30-41(39)32-16-6-2-7-17-32)35-21-12-20-34(28-35)36-22-13-23-38(29-36)46-47-43(33-18-8-3-9-19-33)45-44(48-46)40-24-10-11-25-42(40)49-45/h1-30H. The zero-order chi connectivity index (χ0) is 32.6. The Kier molecular flexibility index (Phi) is 7.38. The Bertz CT molecular complexity index is 2590. The summed E-state index contributed by atoms with van der Waals surface area (Å²) in [6.45, 7) is 0. The van der Waals surface area contributed by atoms with E-state index in [4.69, 9.17) is 9.97 Å². The molecule has 0 saturated heterocycles. The van der Waals surface area contributed by atoms with Crippen LogP contribution in [0.4, 0.5) is 0 Å². The predicted molar refractivity (Wildman–Crippen MR) is 208 cm³/mol. The second kappa shape index (κ2) is 12.5. The van der Waals surface area contributed by atoms with Gasteiger partial charge >= 0.3 is 0 Å². The molecule has 0 spiro atoms. The molecule has 0 aliphatic heterocycles. The van der Waals surface area contributed by atoms with Gasteiger partial charge in [-0.25, -0.2) is 9.97 Å². The van der Waals surface area contributed by atoms with E-state index in [1.165, 1.54) is 43.5 Å². The van der Waals surface area contributed by atoms with Gasteiger partial charge < -0.3 is 0 Å². The van der Waals surface area contributed by atoms with Gasteiger partial charge in [0.2, 0.25) is 0 Å². The number of aromatic nitrogens is 2. The molecule has 0 aliphatic carbocycles. The van der Waals surface area contributed by atoms with Gasteiger partial charge in [0.05, 0.1) is 15.9 Å². The average Bonchev–Trinajstić information content (AvgIpc) is 3.57. The number of rotatable bonds is 6. The highest BCUT2D eigenvalue weighted by atomic mass is 32.1. The lowest BCUT2D eigenvalue weighted by Crippen LogP contribution is -1.94. The van der Waals surface area contributed by atoms with Gasteiger partial charge in [0.15, 0.2) is 5.82 Å². The van der Waals surface area contributed by atoms with Crippen LogP contribution in [0.2, 0.25) is 0 Å². The van der Waals surface area contributed by atoms with Crippen molar-refractivity contribution in [2.75, 3.05) is 0 Å². The molecule has 49 heavy (non-hydrogen) atoms. The van der Waals surface area contributed by atoms with Crippen molar-refractivity contribution in [1.29, 1.82) is 0 Å². The molecular formula is C46H30N2S. The molecule has 3 heteroatoms. The van der Waals surface area contributed by atoms with Crippen LogP contribution in [0.25, 0.3) is 87.5 Å². The van der Waals surface area contributed by atoms with Crippen molar-refractivity contribution in [1.82, 2.24) is 9.97 Å². The summed E-state index contributed by atoms with van der Waals surface area (Å²) < 4.78 is 2.34. The van der Waals surface area contributed by atoms with E-state index >= 15 is 0 Å². The van der Waals surface area contributed by atoms with Crippen LogP contribution in [0.5, 0.6) is 0 Å². The lowest BCUT2D eigenvalue weighted by molar-refractivity contribution is 1.24. The van der Waals surface area contributed by atoms with E-state index in [1.807, 2.05) is 6.07 Å². The molecule has 2 nitrogen and oxygen atoms in total. The molecular weight excluding hydrogens is 613 g/mol. The topological polar surface area (TPSA) is 25.8 Å². The number of fused-ring (bicyclic) bond motifs is 3. The van der Waals surface area contributed by atoms with E-state index in [1.54, 1.807) is 11.3 Å². The van der Waals surface area contributed by atoms with Crippen LogP contribution in [-0.4, -0.2) is 9.97 Å². The molecule has 0 radical (unpaired) electrons. The fourth-order valence-electron chi connectivity index (χ4n) is 6.68. The predicted octanol–water partition coefficient (Wildman–Crippen LogP) is 12.8. The molecule has 0 unspecified atom stereocenters. The second-order valence-electron chi connectivity index (χ2n) is 12.2. The number of thiophene rings is 1. The van der Waals surface area contributed by atoms with E-state index in [0.29, 0.717) is 0 Å². The van der Waals surface area contributed by atoms with Crippen LogP contribution in [0, 0.1) is 0 Å². The molecule has 230 valence electrons. The first-order chi connectivity index (χ1) is 24.3. The molecule has 9 aromatic rings. The van der Waals surface area contributed by atoms with Crippen molar-refractivity contribution in [3.05, 3.63) is 182 Å². The maximum absolute atomic E-state index is 5.21. The number of hydrogen-bond donors (Lipinski definition) is 0. The first-order valence-corrected chi connectivity index (χ1v) is 17.3. The maximum atomic E-state index is 5.21. The molecule has 0 aliphatic rings. The van der Waals surface area contributed by atoms with Crippen molar-refractivity contribution < 1.29 is 0 Å². The SMILES string of the molecule is c1ccc(-c2ccc(-c3cccc(-c4cccc(-c5nc(-c6ccccc6)c6sc7ccccc7c6n5)c4)c3)cc2-c2ccccc2)cc1. The van der Waals surface area contributed by atoms with Crippen molar-refractivity contribution in [2.45, 2.75) is 0 Å². The van der Waals surface area contributed by atoms with E-state index < -0.39 is 0 Å². The Morgan fingerprint density at radius 2 is 0.857 bits per heavy atom. The fraction of sp³-hybridized carbons (Fsp3) is 0. The minimum absolute atomic E-state index is 0.733. The quantitative estimate of drug-likeness (QED) is 0.180. The van der Waals surface area contributed by atoms with E-state index in [2.05, 4.69) is 176 Å². The van der Waals surface area contributed by atoms with Crippen LogP contribution in [0.3, 0.4) is 0 Å². The number of nitrogens with zero attached hydrogens (tertiary/aromatic N) is 2. The highest BCUT2D eigenvalue weighted by molar-refractivity contribution is 7.26. The van der Waals surface area contributed by atoms with Crippen molar-refractivity contribution >= 4 is 31.6 Å².